The maximum Gasteiger partial charge on any atom is 0.333 e. The van der Waals surface area contributed by atoms with Gasteiger partial charge in [-0.25, -0.2) is 4.79 Å². The van der Waals surface area contributed by atoms with Crippen molar-refractivity contribution in [3.8, 4) is 0 Å². The Kier molecular flexibility index (Phi) is 8.49. The molecule has 0 saturated heterocycles. The minimum atomic E-state index is -0.504. The molecule has 0 aromatic carbocycles. The largest absolute Gasteiger partial charge is 0.458 e. The number of carbonyl (C=O) groups is 1. The number of aliphatic hydroxyl groups is 3. The molecule has 2 aliphatic rings. The third-order valence-corrected chi connectivity index (χ3v) is 8.00. The Labute approximate surface area is 181 Å². The van der Waals surface area contributed by atoms with Crippen LogP contribution in [0.1, 0.15) is 66.2 Å². The molecule has 0 aliphatic heterocycles. The Bertz CT molecular complexity index is 694. The Hall–Kier alpha value is -1.43. The number of rotatable bonds is 8. The van der Waals surface area contributed by atoms with E-state index in [1.165, 1.54) is 5.57 Å². The second-order valence-corrected chi connectivity index (χ2v) is 9.62. The summed E-state index contributed by atoms with van der Waals surface area (Å²) in [6.45, 7) is 12.2. The van der Waals surface area contributed by atoms with Gasteiger partial charge in [0.1, 0.15) is 6.10 Å². The molecule has 2 saturated carbocycles. The lowest BCUT2D eigenvalue weighted by Gasteiger charge is -2.60. The SMILES string of the molecule is C=C1CC[C@H]2[C@@](C)(CC[C@@H](OC(=O)/C(C)=C\C)[C@]2(C)CO)[C@@H]1CC/C(=C/CO)CO. The number of ether oxygens (including phenoxy) is 1. The molecule has 0 aromatic rings. The van der Waals surface area contributed by atoms with Crippen molar-refractivity contribution in [2.45, 2.75) is 72.3 Å². The first-order valence-electron chi connectivity index (χ1n) is 11.2. The number of esters is 1. The Morgan fingerprint density at radius 3 is 2.53 bits per heavy atom. The molecule has 2 fully saturated rings. The topological polar surface area (TPSA) is 87.0 Å². The Balaban J connectivity index is 2.28. The first-order valence-corrected chi connectivity index (χ1v) is 11.2. The highest BCUT2D eigenvalue weighted by molar-refractivity contribution is 5.87. The third-order valence-electron chi connectivity index (χ3n) is 8.00. The molecule has 5 nitrogen and oxygen atoms in total. The van der Waals surface area contributed by atoms with Crippen LogP contribution in [0.2, 0.25) is 0 Å². The van der Waals surface area contributed by atoms with Crippen molar-refractivity contribution in [3.05, 3.63) is 35.5 Å². The van der Waals surface area contributed by atoms with E-state index in [-0.39, 0.29) is 49.1 Å². The fourth-order valence-electron chi connectivity index (χ4n) is 5.95. The van der Waals surface area contributed by atoms with Gasteiger partial charge in [-0.3, -0.25) is 0 Å². The normalized spacial score (nSPS) is 35.2. The van der Waals surface area contributed by atoms with E-state index in [0.29, 0.717) is 5.57 Å². The van der Waals surface area contributed by atoms with Crippen LogP contribution in [0.15, 0.2) is 35.5 Å². The summed E-state index contributed by atoms with van der Waals surface area (Å²) in [6, 6.07) is 0. The van der Waals surface area contributed by atoms with Crippen molar-refractivity contribution in [2.75, 3.05) is 19.8 Å². The Morgan fingerprint density at radius 2 is 1.97 bits per heavy atom. The zero-order valence-electron chi connectivity index (χ0n) is 19.1. The van der Waals surface area contributed by atoms with Gasteiger partial charge in [0.05, 0.1) is 19.8 Å². The zero-order valence-corrected chi connectivity index (χ0v) is 19.1. The fraction of sp³-hybridized carbons (Fsp3) is 0.720. The quantitative estimate of drug-likeness (QED) is 0.315. The van der Waals surface area contributed by atoms with Crippen LogP contribution < -0.4 is 0 Å². The van der Waals surface area contributed by atoms with E-state index in [1.54, 1.807) is 19.1 Å². The highest BCUT2D eigenvalue weighted by Gasteiger charge is 2.58. The van der Waals surface area contributed by atoms with Crippen LogP contribution in [0.5, 0.6) is 0 Å². The zero-order chi connectivity index (χ0) is 22.5. The van der Waals surface area contributed by atoms with Gasteiger partial charge in [-0.1, -0.05) is 38.2 Å². The lowest BCUT2D eigenvalue weighted by atomic mass is 9.46. The van der Waals surface area contributed by atoms with Crippen molar-refractivity contribution in [2.24, 2.45) is 22.7 Å². The van der Waals surface area contributed by atoms with E-state index in [2.05, 4.69) is 20.4 Å². The average molecular weight is 421 g/mol. The standard InChI is InChI=1S/C25H40O5/c1-6-17(2)23(29)30-22-11-13-24(4)20(9-8-19(15-27)12-14-26)18(3)7-10-21(24)25(22,5)16-28/h6,12,20-22,26-28H,3,7-11,13-16H2,1-2,4-5H3/b17-6-,19-12-/t20-,21+,22-,24+,25-/m1/s1. The molecule has 5 heteroatoms. The molecule has 0 bridgehead atoms. The average Bonchev–Trinajstić information content (AvgIpc) is 2.73. The number of hydrogen-bond donors (Lipinski definition) is 3. The van der Waals surface area contributed by atoms with Crippen LogP contribution in [0, 0.1) is 22.7 Å². The number of carbonyl (C=O) groups excluding carboxylic acids is 1. The van der Waals surface area contributed by atoms with E-state index >= 15 is 0 Å². The van der Waals surface area contributed by atoms with E-state index in [1.807, 2.05) is 6.92 Å². The summed E-state index contributed by atoms with van der Waals surface area (Å²) >= 11 is 0. The number of hydrogen-bond acceptors (Lipinski definition) is 5. The molecule has 0 aromatic heterocycles. The second kappa shape index (κ2) is 10.3. The fourth-order valence-corrected chi connectivity index (χ4v) is 5.95. The second-order valence-electron chi connectivity index (χ2n) is 9.62. The van der Waals surface area contributed by atoms with Gasteiger partial charge in [0.15, 0.2) is 0 Å². The van der Waals surface area contributed by atoms with E-state index in [0.717, 1.165) is 44.1 Å². The summed E-state index contributed by atoms with van der Waals surface area (Å²) in [5, 5.41) is 29.2. The molecule has 30 heavy (non-hydrogen) atoms. The van der Waals surface area contributed by atoms with Crippen LogP contribution in [0.25, 0.3) is 0 Å². The summed E-state index contributed by atoms with van der Waals surface area (Å²) < 4.78 is 5.89. The first kappa shape index (κ1) is 24.8. The van der Waals surface area contributed by atoms with E-state index in [4.69, 9.17) is 4.74 Å². The summed E-state index contributed by atoms with van der Waals surface area (Å²) in [7, 11) is 0. The molecular formula is C25H40O5. The van der Waals surface area contributed by atoms with Gasteiger partial charge in [-0.2, -0.15) is 0 Å². The van der Waals surface area contributed by atoms with Crippen LogP contribution in [0.3, 0.4) is 0 Å². The van der Waals surface area contributed by atoms with Crippen molar-refractivity contribution < 1.29 is 24.9 Å². The van der Waals surface area contributed by atoms with E-state index < -0.39 is 5.41 Å². The predicted octanol–water partition coefficient (Wildman–Crippen LogP) is 3.94. The van der Waals surface area contributed by atoms with Crippen LogP contribution in [-0.2, 0) is 9.53 Å². The third kappa shape index (κ3) is 4.74. The van der Waals surface area contributed by atoms with Gasteiger partial charge in [-0.15, -0.1) is 0 Å². The summed E-state index contributed by atoms with van der Waals surface area (Å²) in [5.41, 5.74) is 2.12. The highest BCUT2D eigenvalue weighted by atomic mass is 16.5. The minimum Gasteiger partial charge on any atom is -0.458 e. The smallest absolute Gasteiger partial charge is 0.333 e. The van der Waals surface area contributed by atoms with Gasteiger partial charge in [0.25, 0.3) is 0 Å². The maximum atomic E-state index is 12.4. The molecular weight excluding hydrogens is 380 g/mol. The van der Waals surface area contributed by atoms with Crippen molar-refractivity contribution in [1.29, 1.82) is 0 Å². The van der Waals surface area contributed by atoms with Crippen molar-refractivity contribution in [1.82, 2.24) is 0 Å². The minimum absolute atomic E-state index is 0.0222. The molecule has 0 radical (unpaired) electrons. The van der Waals surface area contributed by atoms with Gasteiger partial charge >= 0.3 is 5.97 Å². The van der Waals surface area contributed by atoms with Gasteiger partial charge in [-0.05, 0) is 75.2 Å². The molecule has 170 valence electrons. The number of allylic oxidation sites excluding steroid dienone is 2. The maximum absolute atomic E-state index is 12.4. The van der Waals surface area contributed by atoms with Gasteiger partial charge in [0.2, 0.25) is 0 Å². The molecule has 3 N–H and O–H groups in total. The van der Waals surface area contributed by atoms with Crippen LogP contribution in [-0.4, -0.2) is 47.2 Å². The summed E-state index contributed by atoms with van der Waals surface area (Å²) in [4.78, 5) is 12.4. The van der Waals surface area contributed by atoms with Gasteiger partial charge < -0.3 is 20.1 Å². The number of fused-ring (bicyclic) bond motifs is 1. The molecule has 0 unspecified atom stereocenters. The lowest BCUT2D eigenvalue weighted by molar-refractivity contribution is -0.184. The van der Waals surface area contributed by atoms with Crippen molar-refractivity contribution in [3.63, 3.8) is 0 Å². The molecule has 0 amide bonds. The monoisotopic (exact) mass is 420 g/mol. The summed E-state index contributed by atoms with van der Waals surface area (Å²) in [5.74, 6) is 0.177. The summed E-state index contributed by atoms with van der Waals surface area (Å²) in [6.07, 6.45) is 8.16. The Morgan fingerprint density at radius 1 is 1.27 bits per heavy atom. The molecule has 2 aliphatic carbocycles. The lowest BCUT2D eigenvalue weighted by Crippen LogP contribution is -2.58. The van der Waals surface area contributed by atoms with Crippen LogP contribution >= 0.6 is 0 Å². The number of aliphatic hydroxyl groups excluding tert-OH is 3. The molecule has 5 atom stereocenters. The van der Waals surface area contributed by atoms with Crippen molar-refractivity contribution >= 4 is 5.97 Å². The van der Waals surface area contributed by atoms with Crippen LogP contribution in [0.4, 0.5) is 0 Å². The molecule has 0 spiro atoms. The van der Waals surface area contributed by atoms with E-state index in [9.17, 15) is 20.1 Å². The van der Waals surface area contributed by atoms with Gasteiger partial charge in [0, 0.05) is 11.0 Å². The highest BCUT2D eigenvalue weighted by Crippen LogP contribution is 2.62. The molecule has 0 heterocycles. The molecule has 2 rings (SSSR count). The first-order chi connectivity index (χ1) is 14.2. The predicted molar refractivity (Wildman–Crippen MR) is 119 cm³/mol.